The van der Waals surface area contributed by atoms with E-state index in [1.54, 1.807) is 0 Å². The zero-order valence-electron chi connectivity index (χ0n) is 15.1. The monoisotopic (exact) mass is 351 g/mol. The van der Waals surface area contributed by atoms with Crippen LogP contribution in [-0.2, 0) is 9.53 Å². The molecule has 5 heteroatoms. The van der Waals surface area contributed by atoms with E-state index in [1.165, 1.54) is 0 Å². The van der Waals surface area contributed by atoms with E-state index in [2.05, 4.69) is 6.92 Å². The van der Waals surface area contributed by atoms with E-state index < -0.39 is 18.2 Å². The van der Waals surface area contributed by atoms with Crippen LogP contribution >= 0.6 is 0 Å². The average Bonchev–Trinajstić information content (AvgIpc) is 3.06. The van der Waals surface area contributed by atoms with Gasteiger partial charge >= 0.3 is 0 Å². The summed E-state index contributed by atoms with van der Waals surface area (Å²) in [6, 6.07) is 0. The number of aliphatic carboxylic acids is 1. The highest BCUT2D eigenvalue weighted by Crippen LogP contribution is 2.45. The quantitative estimate of drug-likeness (QED) is 0.464. The van der Waals surface area contributed by atoms with Crippen LogP contribution in [0.5, 0.6) is 0 Å². The number of hydrogen-bond donors (Lipinski definition) is 2. The lowest BCUT2D eigenvalue weighted by atomic mass is 9.90. The second kappa shape index (κ2) is 9.97. The van der Waals surface area contributed by atoms with E-state index in [0.717, 1.165) is 37.9 Å². The molecule has 1 saturated carbocycles. The zero-order valence-corrected chi connectivity index (χ0v) is 15.1. The smallest absolute Gasteiger partial charge is 0.105 e. The first-order valence-corrected chi connectivity index (χ1v) is 9.61. The van der Waals surface area contributed by atoms with Crippen molar-refractivity contribution >= 4 is 5.97 Å². The summed E-state index contributed by atoms with van der Waals surface area (Å²) < 4.78 is 5.92. The van der Waals surface area contributed by atoms with E-state index in [1.807, 2.05) is 18.2 Å². The Hall–Kier alpha value is -1.33. The standard InChI is InChI=1S/C20H32O5/c1-2-3-4-7-14(21)10-11-16-17-12-15(8-5-6-9-20(23)24)25-19(17)13-18(16)22/h8,10-11,14,16-19,21-22H,2-7,9,12-13H2,1H3,(H,23,24)/p-1/b11-10+,15-8?/t14-,16+,17+,18+,19-/m0/s1. The first kappa shape index (κ1) is 20.0. The number of carboxylic acid groups (broad SMARTS) is 1. The van der Waals surface area contributed by atoms with Crippen molar-refractivity contribution in [3.05, 3.63) is 24.0 Å². The molecule has 2 aliphatic rings. The molecule has 0 aromatic rings. The van der Waals surface area contributed by atoms with Gasteiger partial charge in [-0.1, -0.05) is 38.3 Å². The number of carbonyl (C=O) groups excluding carboxylic acids is 1. The molecule has 2 rings (SSSR count). The van der Waals surface area contributed by atoms with Crippen LogP contribution in [0.3, 0.4) is 0 Å². The van der Waals surface area contributed by atoms with Gasteiger partial charge in [0.05, 0.1) is 18.0 Å². The van der Waals surface area contributed by atoms with E-state index in [9.17, 15) is 20.1 Å². The zero-order chi connectivity index (χ0) is 18.2. The van der Waals surface area contributed by atoms with Gasteiger partial charge in [-0.15, -0.1) is 0 Å². The molecule has 0 radical (unpaired) electrons. The average molecular weight is 351 g/mol. The molecule has 0 amide bonds. The molecule has 1 aliphatic heterocycles. The molecule has 1 aliphatic carbocycles. The second-order valence-corrected chi connectivity index (χ2v) is 7.29. The minimum absolute atomic E-state index is 0.0138. The van der Waals surface area contributed by atoms with Crippen LogP contribution in [-0.4, -0.2) is 34.5 Å². The second-order valence-electron chi connectivity index (χ2n) is 7.29. The van der Waals surface area contributed by atoms with Gasteiger partial charge in [0.15, 0.2) is 0 Å². The lowest BCUT2D eigenvalue weighted by Gasteiger charge is -2.16. The van der Waals surface area contributed by atoms with E-state index in [-0.39, 0.29) is 24.4 Å². The molecule has 5 atom stereocenters. The normalized spacial score (nSPS) is 31.4. The van der Waals surface area contributed by atoms with Crippen LogP contribution in [0, 0.1) is 11.8 Å². The maximum atomic E-state index is 10.4. The van der Waals surface area contributed by atoms with Gasteiger partial charge in [0, 0.05) is 30.6 Å². The minimum atomic E-state index is -1.02. The van der Waals surface area contributed by atoms with Crippen molar-refractivity contribution in [2.24, 2.45) is 11.8 Å². The van der Waals surface area contributed by atoms with Crippen LogP contribution in [0.2, 0.25) is 0 Å². The van der Waals surface area contributed by atoms with Crippen molar-refractivity contribution in [3.63, 3.8) is 0 Å². The molecule has 0 unspecified atom stereocenters. The van der Waals surface area contributed by atoms with Gasteiger partial charge in [0.1, 0.15) is 6.10 Å². The molecule has 0 aromatic heterocycles. The van der Waals surface area contributed by atoms with Gasteiger partial charge in [-0.2, -0.15) is 0 Å². The highest BCUT2D eigenvalue weighted by molar-refractivity contribution is 5.64. The molecule has 1 heterocycles. The lowest BCUT2D eigenvalue weighted by molar-refractivity contribution is -0.305. The number of ether oxygens (including phenoxy) is 1. The Morgan fingerprint density at radius 2 is 2.20 bits per heavy atom. The molecule has 25 heavy (non-hydrogen) atoms. The van der Waals surface area contributed by atoms with E-state index >= 15 is 0 Å². The molecule has 2 N–H and O–H groups in total. The van der Waals surface area contributed by atoms with Crippen molar-refractivity contribution < 1.29 is 24.9 Å². The van der Waals surface area contributed by atoms with Crippen molar-refractivity contribution in [3.8, 4) is 0 Å². The number of fused-ring (bicyclic) bond motifs is 1. The summed E-state index contributed by atoms with van der Waals surface area (Å²) in [5.41, 5.74) is 0. The third-order valence-corrected chi connectivity index (χ3v) is 5.25. The molecular weight excluding hydrogens is 320 g/mol. The Morgan fingerprint density at radius 3 is 2.92 bits per heavy atom. The summed E-state index contributed by atoms with van der Waals surface area (Å²) >= 11 is 0. The number of aliphatic hydroxyl groups excluding tert-OH is 2. The summed E-state index contributed by atoms with van der Waals surface area (Å²) in [5.74, 6) is 0.136. The van der Waals surface area contributed by atoms with Crippen molar-refractivity contribution in [1.29, 1.82) is 0 Å². The van der Waals surface area contributed by atoms with Gasteiger partial charge in [-0.3, -0.25) is 0 Å². The summed E-state index contributed by atoms with van der Waals surface area (Å²) in [6.07, 6.45) is 11.6. The lowest BCUT2D eigenvalue weighted by Crippen LogP contribution is -2.21. The SMILES string of the molecule is CCCCC[C@H](O)/C=C/[C@@H]1[C@H]2CC(=CCCCC(=O)[O-])O[C@H]2C[C@H]1O. The van der Waals surface area contributed by atoms with Crippen molar-refractivity contribution in [1.82, 2.24) is 0 Å². The molecule has 0 aromatic carbocycles. The first-order chi connectivity index (χ1) is 12.0. The highest BCUT2D eigenvalue weighted by atomic mass is 16.5. The largest absolute Gasteiger partial charge is 0.550 e. The van der Waals surface area contributed by atoms with Gasteiger partial charge in [0.25, 0.3) is 0 Å². The van der Waals surface area contributed by atoms with Crippen LogP contribution in [0.1, 0.15) is 64.7 Å². The van der Waals surface area contributed by atoms with Crippen molar-refractivity contribution in [2.75, 3.05) is 0 Å². The van der Waals surface area contributed by atoms with Gasteiger partial charge in [-0.25, -0.2) is 0 Å². The fourth-order valence-electron chi connectivity index (χ4n) is 3.85. The first-order valence-electron chi connectivity index (χ1n) is 9.61. The number of carboxylic acids is 1. The maximum Gasteiger partial charge on any atom is 0.105 e. The fourth-order valence-corrected chi connectivity index (χ4v) is 3.85. The number of allylic oxidation sites excluding steroid dienone is 2. The molecule has 1 saturated heterocycles. The Kier molecular flexibility index (Phi) is 7.97. The molecule has 2 fully saturated rings. The Bertz CT molecular complexity index is 484. The highest BCUT2D eigenvalue weighted by Gasteiger charge is 2.46. The third-order valence-electron chi connectivity index (χ3n) is 5.25. The Morgan fingerprint density at radius 1 is 1.40 bits per heavy atom. The number of aliphatic hydroxyl groups is 2. The Labute approximate surface area is 150 Å². The van der Waals surface area contributed by atoms with Crippen LogP contribution in [0.4, 0.5) is 0 Å². The fraction of sp³-hybridized carbons (Fsp3) is 0.750. The Balaban J connectivity index is 1.83. The predicted molar refractivity (Wildman–Crippen MR) is 93.3 cm³/mol. The molecule has 0 bridgehead atoms. The molecular formula is C20H31O5-. The van der Waals surface area contributed by atoms with Crippen LogP contribution in [0.25, 0.3) is 0 Å². The van der Waals surface area contributed by atoms with Gasteiger partial charge < -0.3 is 24.9 Å². The summed E-state index contributed by atoms with van der Waals surface area (Å²) in [4.78, 5) is 10.4. The van der Waals surface area contributed by atoms with Crippen molar-refractivity contribution in [2.45, 2.75) is 83.0 Å². The molecule has 5 nitrogen and oxygen atoms in total. The molecule has 142 valence electrons. The van der Waals surface area contributed by atoms with Crippen LogP contribution in [0.15, 0.2) is 24.0 Å². The minimum Gasteiger partial charge on any atom is -0.550 e. The molecule has 0 spiro atoms. The predicted octanol–water partition coefficient (Wildman–Crippen LogP) is 2.07. The topological polar surface area (TPSA) is 89.8 Å². The number of carbonyl (C=O) groups is 1. The number of unbranched alkanes of at least 4 members (excludes halogenated alkanes) is 3. The summed E-state index contributed by atoms with van der Waals surface area (Å²) in [7, 11) is 0. The summed E-state index contributed by atoms with van der Waals surface area (Å²) in [6.45, 7) is 2.14. The van der Waals surface area contributed by atoms with E-state index in [0.29, 0.717) is 19.3 Å². The number of hydrogen-bond acceptors (Lipinski definition) is 5. The summed E-state index contributed by atoms with van der Waals surface area (Å²) in [5, 5.41) is 30.7. The number of rotatable bonds is 10. The van der Waals surface area contributed by atoms with Crippen LogP contribution < -0.4 is 5.11 Å². The van der Waals surface area contributed by atoms with E-state index in [4.69, 9.17) is 4.74 Å². The van der Waals surface area contributed by atoms with Gasteiger partial charge in [0.2, 0.25) is 0 Å². The third kappa shape index (κ3) is 6.15. The maximum absolute atomic E-state index is 10.4. The van der Waals surface area contributed by atoms with Gasteiger partial charge in [-0.05, 0) is 31.8 Å².